The van der Waals surface area contributed by atoms with E-state index in [9.17, 15) is 21.6 Å². The first-order valence-corrected chi connectivity index (χ1v) is 14.3. The Kier molecular flexibility index (Phi) is 6.52. The molecule has 2 aromatic carbocycles. The van der Waals surface area contributed by atoms with Gasteiger partial charge in [-0.2, -0.15) is 0 Å². The molecule has 2 heterocycles. The van der Waals surface area contributed by atoms with Crippen LogP contribution in [0.3, 0.4) is 0 Å². The highest BCUT2D eigenvalue weighted by Crippen LogP contribution is 2.31. The summed E-state index contributed by atoms with van der Waals surface area (Å²) in [5, 5.41) is 1.59. The molecule has 10 heteroatoms. The van der Waals surface area contributed by atoms with Crippen molar-refractivity contribution in [2.24, 2.45) is 0 Å². The maximum absolute atomic E-state index is 13.4. The van der Waals surface area contributed by atoms with Gasteiger partial charge in [0.05, 0.1) is 21.7 Å². The van der Waals surface area contributed by atoms with Gasteiger partial charge in [-0.1, -0.05) is 12.1 Å². The molecule has 2 atom stereocenters. The van der Waals surface area contributed by atoms with Crippen LogP contribution in [0.2, 0.25) is 0 Å². The number of hydrogen-bond acceptors (Lipinski definition) is 7. The molecular formula is C23H29N3O5S2. The van der Waals surface area contributed by atoms with Gasteiger partial charge in [-0.3, -0.25) is 9.69 Å². The number of benzene rings is 2. The number of rotatable bonds is 5. The molecule has 8 nitrogen and oxygen atoms in total. The zero-order valence-electron chi connectivity index (χ0n) is 18.8. The van der Waals surface area contributed by atoms with Crippen LogP contribution in [0.4, 0.5) is 11.4 Å². The second-order valence-corrected chi connectivity index (χ2v) is 13.1. The molecule has 0 aliphatic carbocycles. The molecule has 0 aromatic heterocycles. The average molecular weight is 492 g/mol. The van der Waals surface area contributed by atoms with E-state index in [4.69, 9.17) is 0 Å². The lowest BCUT2D eigenvalue weighted by Gasteiger charge is -2.40. The van der Waals surface area contributed by atoms with E-state index in [2.05, 4.69) is 22.3 Å². The van der Waals surface area contributed by atoms with E-state index in [0.29, 0.717) is 31.9 Å². The van der Waals surface area contributed by atoms with Crippen LogP contribution in [0.1, 0.15) is 12.5 Å². The standard InChI is InChI=1S/C23H29N3O5S2/c1-17-4-3-5-20(14-17)25-10-12-26(13-11-25)22-15-32(28,29)16-23(22)33(30,31)21-8-6-19(7-9-21)24-18(2)27/h3-9,14,22-23H,10-13,15-16H2,1-2H3,(H,24,27)/t22-,23-/m0/s1. The minimum absolute atomic E-state index is 0.0714. The molecule has 2 aliphatic rings. The van der Waals surface area contributed by atoms with Crippen molar-refractivity contribution in [2.45, 2.75) is 30.0 Å². The molecule has 2 saturated heterocycles. The van der Waals surface area contributed by atoms with Gasteiger partial charge in [0.2, 0.25) is 5.91 Å². The summed E-state index contributed by atoms with van der Waals surface area (Å²) in [5.74, 6) is -0.769. The van der Waals surface area contributed by atoms with E-state index in [0.717, 1.165) is 5.69 Å². The van der Waals surface area contributed by atoms with E-state index in [-0.39, 0.29) is 22.3 Å². The Morgan fingerprint density at radius 1 is 1.00 bits per heavy atom. The second kappa shape index (κ2) is 9.08. The van der Waals surface area contributed by atoms with Gasteiger partial charge in [-0.15, -0.1) is 0 Å². The van der Waals surface area contributed by atoms with E-state index in [1.54, 1.807) is 0 Å². The van der Waals surface area contributed by atoms with Gasteiger partial charge < -0.3 is 10.2 Å². The number of anilines is 2. The highest BCUT2D eigenvalue weighted by molar-refractivity contribution is 7.96. The van der Waals surface area contributed by atoms with Crippen LogP contribution < -0.4 is 10.2 Å². The van der Waals surface area contributed by atoms with Crippen molar-refractivity contribution < 1.29 is 21.6 Å². The highest BCUT2D eigenvalue weighted by atomic mass is 32.2. The van der Waals surface area contributed by atoms with Gasteiger partial charge >= 0.3 is 0 Å². The molecule has 0 radical (unpaired) electrons. The zero-order valence-corrected chi connectivity index (χ0v) is 20.4. The molecule has 33 heavy (non-hydrogen) atoms. The minimum Gasteiger partial charge on any atom is -0.369 e. The SMILES string of the molecule is CC(=O)Nc1ccc(S(=O)(=O)[C@H]2CS(=O)(=O)C[C@@H]2N2CCN(c3cccc(C)c3)CC2)cc1. The Balaban J connectivity index is 1.52. The first kappa shape index (κ1) is 23.7. The van der Waals surface area contributed by atoms with Crippen LogP contribution in [0.25, 0.3) is 0 Å². The summed E-state index contributed by atoms with van der Waals surface area (Å²) in [6, 6.07) is 13.6. The van der Waals surface area contributed by atoms with Crippen LogP contribution >= 0.6 is 0 Å². The number of piperazine rings is 1. The summed E-state index contributed by atoms with van der Waals surface area (Å²) >= 11 is 0. The summed E-state index contributed by atoms with van der Waals surface area (Å²) in [6.07, 6.45) is 0. The van der Waals surface area contributed by atoms with Crippen molar-refractivity contribution in [1.82, 2.24) is 4.90 Å². The van der Waals surface area contributed by atoms with Crippen molar-refractivity contribution >= 4 is 37.0 Å². The number of nitrogens with zero attached hydrogens (tertiary/aromatic N) is 2. The minimum atomic E-state index is -3.87. The van der Waals surface area contributed by atoms with Crippen molar-refractivity contribution in [3.8, 4) is 0 Å². The molecule has 178 valence electrons. The lowest BCUT2D eigenvalue weighted by molar-refractivity contribution is -0.114. The summed E-state index contributed by atoms with van der Waals surface area (Å²) in [4.78, 5) is 15.6. The molecule has 2 aliphatic heterocycles. The molecule has 1 amide bonds. The largest absolute Gasteiger partial charge is 0.369 e. The van der Waals surface area contributed by atoms with Crippen LogP contribution in [0.15, 0.2) is 53.4 Å². The molecule has 4 rings (SSSR count). The Bertz CT molecular complexity index is 1240. The highest BCUT2D eigenvalue weighted by Gasteiger charge is 2.48. The molecule has 0 saturated carbocycles. The predicted octanol–water partition coefficient (Wildman–Crippen LogP) is 1.71. The fourth-order valence-electron chi connectivity index (χ4n) is 4.68. The first-order valence-electron chi connectivity index (χ1n) is 10.9. The van der Waals surface area contributed by atoms with Crippen LogP contribution in [-0.2, 0) is 24.5 Å². The van der Waals surface area contributed by atoms with Crippen molar-refractivity contribution in [3.05, 3.63) is 54.1 Å². The van der Waals surface area contributed by atoms with Gasteiger partial charge in [0.1, 0.15) is 0 Å². The maximum atomic E-state index is 13.4. The molecule has 0 bridgehead atoms. The van der Waals surface area contributed by atoms with Crippen molar-refractivity contribution in [2.75, 3.05) is 47.9 Å². The Hall–Kier alpha value is -2.43. The van der Waals surface area contributed by atoms with Gasteiger partial charge in [0.15, 0.2) is 19.7 Å². The number of carbonyl (C=O) groups is 1. The average Bonchev–Trinajstić information content (AvgIpc) is 3.10. The molecule has 0 spiro atoms. The molecule has 2 fully saturated rings. The number of sulfone groups is 2. The summed E-state index contributed by atoms with van der Waals surface area (Å²) in [6.45, 7) is 6.03. The van der Waals surface area contributed by atoms with Crippen LogP contribution in [0, 0.1) is 6.92 Å². The lowest BCUT2D eigenvalue weighted by atomic mass is 10.1. The number of amides is 1. The quantitative estimate of drug-likeness (QED) is 0.679. The molecule has 2 aromatic rings. The summed E-state index contributed by atoms with van der Waals surface area (Å²) in [7, 11) is -7.34. The number of aryl methyl sites for hydroxylation is 1. The van der Waals surface area contributed by atoms with Gasteiger partial charge in [0, 0.05) is 50.5 Å². The van der Waals surface area contributed by atoms with Gasteiger partial charge in [-0.25, -0.2) is 16.8 Å². The number of hydrogen-bond donors (Lipinski definition) is 1. The van der Waals surface area contributed by atoms with E-state index >= 15 is 0 Å². The van der Waals surface area contributed by atoms with Crippen LogP contribution in [-0.4, -0.2) is 76.6 Å². The van der Waals surface area contributed by atoms with Crippen LogP contribution in [0.5, 0.6) is 0 Å². The Morgan fingerprint density at radius 3 is 2.27 bits per heavy atom. The molecular weight excluding hydrogens is 462 g/mol. The second-order valence-electron chi connectivity index (χ2n) is 8.80. The first-order chi connectivity index (χ1) is 15.5. The smallest absolute Gasteiger partial charge is 0.221 e. The molecule has 1 N–H and O–H groups in total. The number of nitrogens with one attached hydrogen (secondary N) is 1. The maximum Gasteiger partial charge on any atom is 0.221 e. The van der Waals surface area contributed by atoms with Gasteiger partial charge in [0.25, 0.3) is 0 Å². The van der Waals surface area contributed by atoms with E-state index < -0.39 is 31.0 Å². The monoisotopic (exact) mass is 491 g/mol. The number of carbonyl (C=O) groups excluding carboxylic acids is 1. The van der Waals surface area contributed by atoms with Crippen molar-refractivity contribution in [3.63, 3.8) is 0 Å². The summed E-state index contributed by atoms with van der Waals surface area (Å²) in [5.41, 5.74) is 2.79. The van der Waals surface area contributed by atoms with E-state index in [1.807, 2.05) is 24.0 Å². The predicted molar refractivity (Wildman–Crippen MR) is 129 cm³/mol. The third-order valence-electron chi connectivity index (χ3n) is 6.32. The fourth-order valence-corrected chi connectivity index (χ4v) is 9.51. The Morgan fingerprint density at radius 2 is 1.67 bits per heavy atom. The third-order valence-corrected chi connectivity index (χ3v) is 10.5. The van der Waals surface area contributed by atoms with E-state index in [1.165, 1.54) is 36.8 Å². The summed E-state index contributed by atoms with van der Waals surface area (Å²) < 4.78 is 51.9. The van der Waals surface area contributed by atoms with Gasteiger partial charge in [-0.05, 0) is 48.9 Å². The fraction of sp³-hybridized carbons (Fsp3) is 0.435. The topological polar surface area (TPSA) is 104 Å². The third kappa shape index (κ3) is 5.23. The van der Waals surface area contributed by atoms with Crippen molar-refractivity contribution in [1.29, 1.82) is 0 Å². The normalized spacial score (nSPS) is 23.4. The Labute approximate surface area is 195 Å². The zero-order chi connectivity index (χ0) is 23.8. The lowest BCUT2D eigenvalue weighted by Crippen LogP contribution is -2.55. The molecule has 0 unspecified atom stereocenters.